The molecular weight excluding hydrogens is 653 g/mol. The third kappa shape index (κ3) is 9.03. The first-order valence-electron chi connectivity index (χ1n) is 16.1. The predicted molar refractivity (Wildman–Crippen MR) is 193 cm³/mol. The summed E-state index contributed by atoms with van der Waals surface area (Å²) >= 11 is 8.14. The number of thioether (sulfide) groups is 1. The monoisotopic (exact) mass is 692 g/mol. The largest absolute Gasteiger partial charge is 0.493 e. The van der Waals surface area contributed by atoms with Crippen molar-refractivity contribution in [1.29, 1.82) is 0 Å². The van der Waals surface area contributed by atoms with Gasteiger partial charge in [-0.3, -0.25) is 14.5 Å². The molecular formula is C36H40N2O6S3. The van der Waals surface area contributed by atoms with Crippen molar-refractivity contribution in [2.24, 2.45) is 0 Å². The SMILES string of the molecule is CCOC(=O)c1c(-c2ccccc2)csc1NC(=O)CCCCCN1C(=O)/C(=C/c2ccc(OC3CCCCC3)c(OC)c2)SC1=S. The van der Waals surface area contributed by atoms with Crippen molar-refractivity contribution in [3.8, 4) is 22.6 Å². The first-order valence-corrected chi connectivity index (χ1v) is 18.2. The summed E-state index contributed by atoms with van der Waals surface area (Å²) in [6.07, 6.45) is 10.2. The van der Waals surface area contributed by atoms with Crippen LogP contribution in [0, 0.1) is 0 Å². The van der Waals surface area contributed by atoms with Gasteiger partial charge in [-0.25, -0.2) is 4.79 Å². The van der Waals surface area contributed by atoms with Crippen LogP contribution in [0.3, 0.4) is 0 Å². The molecule has 248 valence electrons. The van der Waals surface area contributed by atoms with Crippen molar-refractivity contribution in [3.63, 3.8) is 0 Å². The van der Waals surface area contributed by atoms with Crippen LogP contribution in [0.1, 0.15) is 80.6 Å². The number of nitrogens with one attached hydrogen (secondary N) is 1. The summed E-state index contributed by atoms with van der Waals surface area (Å²) in [6.45, 7) is 2.48. The van der Waals surface area contributed by atoms with Gasteiger partial charge in [-0.2, -0.15) is 0 Å². The Morgan fingerprint density at radius 3 is 2.57 bits per heavy atom. The normalized spacial score (nSPS) is 16.0. The lowest BCUT2D eigenvalue weighted by Crippen LogP contribution is -2.29. The standard InChI is InChI=1S/C36H40N2O6S3/c1-3-43-35(41)32-27(25-13-7-4-8-14-25)23-46-33(32)37-31(39)17-11-6-12-20-38-34(40)30(47-36(38)45)22-24-18-19-28(29(21-24)42-2)44-26-15-9-5-10-16-26/h4,7-8,13-14,18-19,21-23,26H,3,5-6,9-12,15-17,20H2,1-2H3,(H,37,39)/b30-22-. The van der Waals surface area contributed by atoms with Crippen LogP contribution in [-0.4, -0.2) is 53.4 Å². The van der Waals surface area contributed by atoms with E-state index < -0.39 is 5.97 Å². The fraction of sp³-hybridized carbons (Fsp3) is 0.389. The Hall–Kier alpha value is -3.67. The van der Waals surface area contributed by atoms with Crippen molar-refractivity contribution in [2.45, 2.75) is 70.8 Å². The predicted octanol–water partition coefficient (Wildman–Crippen LogP) is 8.71. The average Bonchev–Trinajstić information content (AvgIpc) is 3.61. The molecule has 0 radical (unpaired) electrons. The zero-order valence-corrected chi connectivity index (χ0v) is 29.2. The number of carbonyl (C=O) groups excluding carboxylic acids is 3. The zero-order chi connectivity index (χ0) is 33.2. The first-order chi connectivity index (χ1) is 22.9. The van der Waals surface area contributed by atoms with Gasteiger partial charge in [0.2, 0.25) is 5.91 Å². The fourth-order valence-corrected chi connectivity index (χ4v) is 7.97. The van der Waals surface area contributed by atoms with Crippen molar-refractivity contribution >= 4 is 68.5 Å². The Kier molecular flexibility index (Phi) is 12.5. The molecule has 1 N–H and O–H groups in total. The van der Waals surface area contributed by atoms with E-state index >= 15 is 0 Å². The van der Waals surface area contributed by atoms with Crippen LogP contribution in [0.2, 0.25) is 0 Å². The zero-order valence-electron chi connectivity index (χ0n) is 26.8. The van der Waals surface area contributed by atoms with E-state index in [9.17, 15) is 14.4 Å². The molecule has 0 bridgehead atoms. The molecule has 0 spiro atoms. The van der Waals surface area contributed by atoms with Gasteiger partial charge in [0.25, 0.3) is 5.91 Å². The van der Waals surface area contributed by atoms with Gasteiger partial charge >= 0.3 is 5.97 Å². The molecule has 2 aromatic carbocycles. The van der Waals surface area contributed by atoms with Gasteiger partial charge < -0.3 is 19.5 Å². The number of thiophene rings is 1. The molecule has 3 aromatic rings. The van der Waals surface area contributed by atoms with E-state index in [1.54, 1.807) is 18.9 Å². The summed E-state index contributed by atoms with van der Waals surface area (Å²) in [7, 11) is 1.63. The highest BCUT2D eigenvalue weighted by Crippen LogP contribution is 2.38. The molecule has 2 aliphatic rings. The second-order valence-electron chi connectivity index (χ2n) is 11.4. The highest BCUT2D eigenvalue weighted by Gasteiger charge is 2.31. The van der Waals surface area contributed by atoms with Gasteiger partial charge in [0, 0.05) is 23.9 Å². The summed E-state index contributed by atoms with van der Waals surface area (Å²) in [6, 6.07) is 15.3. The van der Waals surface area contributed by atoms with E-state index in [4.69, 9.17) is 26.4 Å². The third-order valence-electron chi connectivity index (χ3n) is 8.10. The molecule has 5 rings (SSSR count). The van der Waals surface area contributed by atoms with Crippen molar-refractivity contribution < 1.29 is 28.6 Å². The van der Waals surface area contributed by atoms with E-state index in [-0.39, 0.29) is 24.5 Å². The number of amides is 2. The van der Waals surface area contributed by atoms with Crippen LogP contribution in [-0.2, 0) is 14.3 Å². The van der Waals surface area contributed by atoms with E-state index in [1.807, 2.05) is 60.0 Å². The summed E-state index contributed by atoms with van der Waals surface area (Å²) in [4.78, 5) is 41.0. The quantitative estimate of drug-likeness (QED) is 0.0776. The van der Waals surface area contributed by atoms with Gasteiger partial charge in [-0.05, 0) is 74.8 Å². The third-order valence-corrected chi connectivity index (χ3v) is 10.4. The lowest BCUT2D eigenvalue weighted by atomic mass is 9.98. The topological polar surface area (TPSA) is 94.2 Å². The molecule has 1 saturated carbocycles. The Morgan fingerprint density at radius 2 is 1.83 bits per heavy atom. The smallest absolute Gasteiger partial charge is 0.341 e. The van der Waals surface area contributed by atoms with Crippen LogP contribution in [0.15, 0.2) is 58.8 Å². The number of rotatable bonds is 14. The van der Waals surface area contributed by atoms with E-state index in [0.29, 0.717) is 51.3 Å². The number of unbranched alkanes of at least 4 members (excludes halogenated alkanes) is 2. The summed E-state index contributed by atoms with van der Waals surface area (Å²) in [5.41, 5.74) is 2.84. The summed E-state index contributed by atoms with van der Waals surface area (Å²) < 4.78 is 17.6. The average molecular weight is 693 g/mol. The van der Waals surface area contributed by atoms with Crippen LogP contribution in [0.25, 0.3) is 17.2 Å². The highest BCUT2D eigenvalue weighted by molar-refractivity contribution is 8.26. The van der Waals surface area contributed by atoms with Crippen molar-refractivity contribution in [3.05, 3.63) is 69.9 Å². The molecule has 11 heteroatoms. The number of esters is 1. The molecule has 1 saturated heterocycles. The number of anilines is 1. The Balaban J connectivity index is 1.11. The maximum absolute atomic E-state index is 13.2. The van der Waals surface area contributed by atoms with Crippen LogP contribution in [0.4, 0.5) is 5.00 Å². The maximum atomic E-state index is 13.2. The molecule has 2 amide bonds. The van der Waals surface area contributed by atoms with Gasteiger partial charge in [0.1, 0.15) is 14.9 Å². The molecule has 1 aliphatic carbocycles. The van der Waals surface area contributed by atoms with Crippen LogP contribution in [0.5, 0.6) is 11.5 Å². The van der Waals surface area contributed by atoms with Gasteiger partial charge in [0.05, 0.1) is 24.7 Å². The number of nitrogens with zero attached hydrogens (tertiary/aromatic N) is 1. The minimum Gasteiger partial charge on any atom is -0.493 e. The second kappa shape index (κ2) is 16.9. The first kappa shape index (κ1) is 34.7. The van der Waals surface area contributed by atoms with Crippen LogP contribution >= 0.6 is 35.3 Å². The molecule has 0 atom stereocenters. The number of methoxy groups -OCH3 is 1. The van der Waals surface area contributed by atoms with Crippen LogP contribution < -0.4 is 14.8 Å². The molecule has 1 aromatic heterocycles. The number of ether oxygens (including phenoxy) is 3. The van der Waals surface area contributed by atoms with E-state index in [1.165, 1.54) is 42.4 Å². The minimum absolute atomic E-state index is 0.113. The van der Waals surface area contributed by atoms with Gasteiger partial charge in [-0.1, -0.05) is 73.2 Å². The Morgan fingerprint density at radius 1 is 1.04 bits per heavy atom. The van der Waals surface area contributed by atoms with E-state index in [0.717, 1.165) is 41.7 Å². The Labute approximate surface area is 289 Å². The van der Waals surface area contributed by atoms with Crippen molar-refractivity contribution in [1.82, 2.24) is 4.90 Å². The minimum atomic E-state index is -0.458. The second-order valence-corrected chi connectivity index (χ2v) is 14.0. The number of hydrogen-bond donors (Lipinski definition) is 1. The molecule has 2 fully saturated rings. The molecule has 2 heterocycles. The van der Waals surface area contributed by atoms with Gasteiger partial charge in [0.15, 0.2) is 11.5 Å². The summed E-state index contributed by atoms with van der Waals surface area (Å²) in [5, 5.41) is 5.27. The number of thiocarbonyl (C=S) groups is 1. The van der Waals surface area contributed by atoms with E-state index in [2.05, 4.69) is 5.32 Å². The molecule has 8 nitrogen and oxygen atoms in total. The molecule has 0 unspecified atom stereocenters. The number of benzene rings is 2. The molecule has 47 heavy (non-hydrogen) atoms. The van der Waals surface area contributed by atoms with Crippen molar-refractivity contribution in [2.75, 3.05) is 25.6 Å². The van der Waals surface area contributed by atoms with Gasteiger partial charge in [-0.15, -0.1) is 11.3 Å². The highest BCUT2D eigenvalue weighted by atomic mass is 32.2. The number of hydrogen-bond acceptors (Lipinski definition) is 9. The lowest BCUT2D eigenvalue weighted by Gasteiger charge is -2.24. The maximum Gasteiger partial charge on any atom is 0.341 e. The fourth-order valence-electron chi connectivity index (χ4n) is 5.69. The summed E-state index contributed by atoms with van der Waals surface area (Å²) in [5.74, 6) is 0.635. The Bertz CT molecular complexity index is 1610. The number of carbonyl (C=O) groups is 3. The molecule has 1 aliphatic heterocycles. The lowest BCUT2D eigenvalue weighted by molar-refractivity contribution is -0.122.